The standard InChI is InChI=1S/C14H10F3N3S/c15-9-4-5-10-8(6-9)2-1-3-11(10)18-7-12-19-20-14(21-12)13(16)17/h1-6,13,18H,7H2. The van der Waals surface area contributed by atoms with Gasteiger partial charge in [-0.05, 0) is 29.7 Å². The summed E-state index contributed by atoms with van der Waals surface area (Å²) >= 11 is 0.873. The van der Waals surface area contributed by atoms with Crippen molar-refractivity contribution in [3.8, 4) is 0 Å². The molecule has 3 rings (SSSR count). The summed E-state index contributed by atoms with van der Waals surface area (Å²) in [5.74, 6) is -0.301. The van der Waals surface area contributed by atoms with Crippen molar-refractivity contribution >= 4 is 27.8 Å². The number of nitrogens with one attached hydrogen (secondary N) is 1. The maximum absolute atomic E-state index is 13.2. The first-order valence-electron chi connectivity index (χ1n) is 6.16. The zero-order valence-electron chi connectivity index (χ0n) is 10.7. The number of rotatable bonds is 4. The van der Waals surface area contributed by atoms with Crippen molar-refractivity contribution in [1.29, 1.82) is 0 Å². The Hall–Kier alpha value is -2.15. The molecule has 0 saturated heterocycles. The molecule has 0 aliphatic rings. The molecule has 0 spiro atoms. The Morgan fingerprint density at radius 3 is 2.76 bits per heavy atom. The predicted molar refractivity (Wildman–Crippen MR) is 76.1 cm³/mol. The minimum Gasteiger partial charge on any atom is -0.378 e. The largest absolute Gasteiger partial charge is 0.378 e. The second-order valence-corrected chi connectivity index (χ2v) is 5.45. The number of anilines is 1. The van der Waals surface area contributed by atoms with E-state index in [9.17, 15) is 13.2 Å². The average molecular weight is 309 g/mol. The van der Waals surface area contributed by atoms with E-state index in [0.717, 1.165) is 27.8 Å². The molecular formula is C14H10F3N3S. The molecule has 0 aliphatic heterocycles. The number of nitrogens with zero attached hydrogens (tertiary/aromatic N) is 2. The van der Waals surface area contributed by atoms with E-state index in [4.69, 9.17) is 0 Å². The molecule has 7 heteroatoms. The molecule has 2 aromatic carbocycles. The van der Waals surface area contributed by atoms with Crippen LogP contribution in [0.1, 0.15) is 16.4 Å². The Bertz CT molecular complexity index is 773. The van der Waals surface area contributed by atoms with Gasteiger partial charge in [-0.3, -0.25) is 0 Å². The highest BCUT2D eigenvalue weighted by molar-refractivity contribution is 7.11. The van der Waals surface area contributed by atoms with Crippen molar-refractivity contribution in [3.63, 3.8) is 0 Å². The number of halogens is 3. The van der Waals surface area contributed by atoms with Crippen LogP contribution in [0.2, 0.25) is 0 Å². The van der Waals surface area contributed by atoms with Crippen LogP contribution in [0.25, 0.3) is 10.8 Å². The number of aromatic nitrogens is 2. The molecule has 0 amide bonds. The molecule has 1 N–H and O–H groups in total. The maximum atomic E-state index is 13.2. The van der Waals surface area contributed by atoms with Crippen LogP contribution in [0, 0.1) is 5.82 Å². The summed E-state index contributed by atoms with van der Waals surface area (Å²) in [6.45, 7) is 0.293. The first kappa shape index (κ1) is 13.8. The van der Waals surface area contributed by atoms with Crippen LogP contribution in [-0.2, 0) is 6.54 Å². The third-order valence-corrected chi connectivity index (χ3v) is 3.87. The zero-order valence-corrected chi connectivity index (χ0v) is 11.5. The smallest absolute Gasteiger partial charge is 0.291 e. The number of hydrogen-bond donors (Lipinski definition) is 1. The Balaban J connectivity index is 1.81. The molecule has 108 valence electrons. The molecule has 0 atom stereocenters. The molecule has 0 aliphatic carbocycles. The van der Waals surface area contributed by atoms with Gasteiger partial charge in [0.05, 0.1) is 6.54 Å². The van der Waals surface area contributed by atoms with Crippen LogP contribution >= 0.6 is 11.3 Å². The van der Waals surface area contributed by atoms with Crippen LogP contribution in [0.3, 0.4) is 0 Å². The number of fused-ring (bicyclic) bond motifs is 1. The fraction of sp³-hybridized carbons (Fsp3) is 0.143. The Labute approximate surface area is 122 Å². The quantitative estimate of drug-likeness (QED) is 0.777. The highest BCUT2D eigenvalue weighted by Crippen LogP contribution is 2.26. The lowest BCUT2D eigenvalue weighted by molar-refractivity contribution is 0.150. The fourth-order valence-electron chi connectivity index (χ4n) is 2.01. The van der Waals surface area contributed by atoms with E-state index in [1.807, 2.05) is 12.1 Å². The van der Waals surface area contributed by atoms with Crippen molar-refractivity contribution in [2.24, 2.45) is 0 Å². The van der Waals surface area contributed by atoms with Gasteiger partial charge in [-0.15, -0.1) is 10.2 Å². The highest BCUT2D eigenvalue weighted by atomic mass is 32.1. The summed E-state index contributed by atoms with van der Waals surface area (Å²) in [5.41, 5.74) is 0.793. The Kier molecular flexibility index (Phi) is 3.74. The third kappa shape index (κ3) is 2.97. The molecule has 1 aromatic heterocycles. The van der Waals surface area contributed by atoms with Crippen molar-refractivity contribution in [3.05, 3.63) is 52.2 Å². The minimum atomic E-state index is -2.60. The van der Waals surface area contributed by atoms with Gasteiger partial charge >= 0.3 is 0 Å². The van der Waals surface area contributed by atoms with Gasteiger partial charge in [0.15, 0.2) is 5.01 Å². The zero-order chi connectivity index (χ0) is 14.8. The van der Waals surface area contributed by atoms with Gasteiger partial charge in [-0.1, -0.05) is 23.5 Å². The molecule has 0 fully saturated rings. The topological polar surface area (TPSA) is 37.8 Å². The molecule has 0 radical (unpaired) electrons. The Morgan fingerprint density at radius 1 is 1.14 bits per heavy atom. The molecule has 0 bridgehead atoms. The lowest BCUT2D eigenvalue weighted by Crippen LogP contribution is -1.99. The molecule has 0 saturated carbocycles. The summed E-state index contributed by atoms with van der Waals surface area (Å²) in [6, 6.07) is 9.96. The second-order valence-electron chi connectivity index (χ2n) is 4.36. The van der Waals surface area contributed by atoms with Gasteiger partial charge < -0.3 is 5.32 Å². The van der Waals surface area contributed by atoms with E-state index in [0.29, 0.717) is 11.6 Å². The van der Waals surface area contributed by atoms with Crippen molar-refractivity contribution < 1.29 is 13.2 Å². The van der Waals surface area contributed by atoms with Gasteiger partial charge in [0.2, 0.25) is 0 Å². The van der Waals surface area contributed by atoms with E-state index in [2.05, 4.69) is 15.5 Å². The van der Waals surface area contributed by atoms with E-state index >= 15 is 0 Å². The molecular weight excluding hydrogens is 299 g/mol. The van der Waals surface area contributed by atoms with Gasteiger partial charge in [0.25, 0.3) is 6.43 Å². The van der Waals surface area contributed by atoms with Crippen LogP contribution in [-0.4, -0.2) is 10.2 Å². The summed E-state index contributed by atoms with van der Waals surface area (Å²) in [5, 5.41) is 12.1. The van der Waals surface area contributed by atoms with E-state index in [1.165, 1.54) is 12.1 Å². The molecule has 1 heterocycles. The van der Waals surface area contributed by atoms with Crippen molar-refractivity contribution in [1.82, 2.24) is 10.2 Å². The number of benzene rings is 2. The lowest BCUT2D eigenvalue weighted by Gasteiger charge is -2.08. The van der Waals surface area contributed by atoms with E-state index in [1.54, 1.807) is 12.1 Å². The van der Waals surface area contributed by atoms with Crippen LogP contribution in [0.4, 0.5) is 18.9 Å². The van der Waals surface area contributed by atoms with Crippen LogP contribution in [0.15, 0.2) is 36.4 Å². The fourth-order valence-corrected chi connectivity index (χ4v) is 2.64. The normalized spacial score (nSPS) is 11.2. The number of hydrogen-bond acceptors (Lipinski definition) is 4. The van der Waals surface area contributed by atoms with Crippen LogP contribution < -0.4 is 5.32 Å². The molecule has 21 heavy (non-hydrogen) atoms. The monoisotopic (exact) mass is 309 g/mol. The average Bonchev–Trinajstić information content (AvgIpc) is 2.93. The third-order valence-electron chi connectivity index (χ3n) is 2.94. The summed E-state index contributed by atoms with van der Waals surface area (Å²) in [4.78, 5) is 0. The van der Waals surface area contributed by atoms with Crippen molar-refractivity contribution in [2.45, 2.75) is 13.0 Å². The maximum Gasteiger partial charge on any atom is 0.291 e. The van der Waals surface area contributed by atoms with Gasteiger partial charge in [0.1, 0.15) is 10.8 Å². The molecule has 3 aromatic rings. The van der Waals surface area contributed by atoms with Gasteiger partial charge in [-0.2, -0.15) is 0 Å². The van der Waals surface area contributed by atoms with Gasteiger partial charge in [-0.25, -0.2) is 13.2 Å². The van der Waals surface area contributed by atoms with E-state index < -0.39 is 6.43 Å². The van der Waals surface area contributed by atoms with Gasteiger partial charge in [0, 0.05) is 11.1 Å². The second kappa shape index (κ2) is 5.69. The SMILES string of the molecule is Fc1ccc2c(NCc3nnc(C(F)F)s3)cccc2c1. The predicted octanol–water partition coefficient (Wildman–Crippen LogP) is 4.38. The van der Waals surface area contributed by atoms with Crippen LogP contribution in [0.5, 0.6) is 0 Å². The summed E-state index contributed by atoms with van der Waals surface area (Å²) < 4.78 is 38.1. The highest BCUT2D eigenvalue weighted by Gasteiger charge is 2.13. The minimum absolute atomic E-state index is 0.285. The lowest BCUT2D eigenvalue weighted by atomic mass is 10.1. The summed E-state index contributed by atoms with van der Waals surface area (Å²) in [6.07, 6.45) is -2.60. The van der Waals surface area contributed by atoms with Crippen molar-refractivity contribution in [2.75, 3.05) is 5.32 Å². The first-order chi connectivity index (χ1) is 10.1. The number of alkyl halides is 2. The molecule has 3 nitrogen and oxygen atoms in total. The molecule has 0 unspecified atom stereocenters. The summed E-state index contributed by atoms with van der Waals surface area (Å²) in [7, 11) is 0. The first-order valence-corrected chi connectivity index (χ1v) is 6.98. The van der Waals surface area contributed by atoms with E-state index in [-0.39, 0.29) is 10.8 Å². The Morgan fingerprint density at radius 2 is 2.00 bits per heavy atom.